The summed E-state index contributed by atoms with van der Waals surface area (Å²) in [4.78, 5) is 61.8. The van der Waals surface area contributed by atoms with Gasteiger partial charge in [-0.05, 0) is 94.7 Å². The number of alkyl halides is 3. The molecular weight excluding hydrogens is 803 g/mol. The van der Waals surface area contributed by atoms with Crippen molar-refractivity contribution >= 4 is 44.6 Å². The van der Waals surface area contributed by atoms with Crippen molar-refractivity contribution in [3.8, 4) is 11.6 Å². The van der Waals surface area contributed by atoms with Gasteiger partial charge in [0.15, 0.2) is 11.6 Å². The number of allylic oxidation sites excluding steroid dienone is 1. The molecule has 0 spiro atoms. The van der Waals surface area contributed by atoms with E-state index >= 15 is 4.39 Å². The fraction of sp³-hybridized carbons (Fsp3) is 0.625. The van der Waals surface area contributed by atoms with Crippen LogP contribution in [0.1, 0.15) is 86.0 Å². The molecule has 0 bridgehead atoms. The fourth-order valence-electron chi connectivity index (χ4n) is 7.83. The van der Waals surface area contributed by atoms with Crippen LogP contribution in [0.2, 0.25) is 0 Å². The number of hydrogen-bond acceptors (Lipinski definition) is 10. The molecule has 2 aliphatic heterocycles. The summed E-state index contributed by atoms with van der Waals surface area (Å²) >= 11 is 0. The number of halogens is 4. The molecule has 1 aromatic carbocycles. The lowest BCUT2D eigenvalue weighted by Crippen LogP contribution is -2.59. The number of hydrogen-bond donors (Lipinski definition) is 3. The van der Waals surface area contributed by atoms with Gasteiger partial charge >= 0.3 is 12.3 Å². The van der Waals surface area contributed by atoms with Crippen molar-refractivity contribution in [1.82, 2.24) is 25.2 Å². The molecule has 3 fully saturated rings. The van der Waals surface area contributed by atoms with Crippen LogP contribution >= 0.6 is 0 Å². The van der Waals surface area contributed by atoms with Gasteiger partial charge in [0, 0.05) is 23.9 Å². The molecular formula is C40H51F4N5O9S. The zero-order valence-corrected chi connectivity index (χ0v) is 34.4. The Hall–Kier alpha value is -4.68. The van der Waals surface area contributed by atoms with Crippen LogP contribution in [0, 0.1) is 23.6 Å². The van der Waals surface area contributed by atoms with Crippen molar-refractivity contribution in [3.63, 3.8) is 0 Å². The van der Waals surface area contributed by atoms with E-state index in [0.29, 0.717) is 57.8 Å². The summed E-state index contributed by atoms with van der Waals surface area (Å²) in [6.45, 7) is 6.70. The van der Waals surface area contributed by atoms with Crippen LogP contribution in [0.25, 0.3) is 10.8 Å². The SMILES string of the molecule is CCOc1cc2ccnc(O[C@@H]3C[C@H]4C(=O)N[C@]5(C(=O)NS(=O)(=O)C6CC6)C[C@H]5/C=C\CC[C@@H](C)C[C@@H](CC)[C@H](NC(=O)OC(C)(C)C(F)(F)F)C(=O)N4C3)c2cc1F. The van der Waals surface area contributed by atoms with Gasteiger partial charge in [0.25, 0.3) is 5.91 Å². The largest absolute Gasteiger partial charge is 0.491 e. The molecule has 2 aromatic rings. The third-order valence-electron chi connectivity index (χ3n) is 11.6. The summed E-state index contributed by atoms with van der Waals surface area (Å²) in [7, 11) is -4.01. The minimum atomic E-state index is -4.94. The lowest BCUT2D eigenvalue weighted by molar-refractivity contribution is -0.244. The van der Waals surface area contributed by atoms with Crippen molar-refractivity contribution in [2.45, 2.75) is 127 Å². The van der Waals surface area contributed by atoms with E-state index in [9.17, 15) is 40.8 Å². The third-order valence-corrected chi connectivity index (χ3v) is 13.5. The second-order valence-corrected chi connectivity index (χ2v) is 18.5. The van der Waals surface area contributed by atoms with E-state index in [2.05, 4.69) is 20.3 Å². The van der Waals surface area contributed by atoms with Crippen LogP contribution in [-0.2, 0) is 29.1 Å². The first kappa shape index (κ1) is 43.9. The monoisotopic (exact) mass is 853 g/mol. The van der Waals surface area contributed by atoms with E-state index in [0.717, 1.165) is 4.90 Å². The number of pyridine rings is 1. The van der Waals surface area contributed by atoms with Gasteiger partial charge in [-0.15, -0.1) is 0 Å². The van der Waals surface area contributed by atoms with Crippen LogP contribution in [0.15, 0.2) is 36.5 Å². The summed E-state index contributed by atoms with van der Waals surface area (Å²) in [6.07, 6.45) is 0.0946. The maximum atomic E-state index is 15.1. The molecule has 324 valence electrons. The van der Waals surface area contributed by atoms with Gasteiger partial charge in [-0.25, -0.2) is 22.6 Å². The van der Waals surface area contributed by atoms with Crippen LogP contribution in [-0.4, -0.2) is 96.0 Å². The molecule has 1 aromatic heterocycles. The molecule has 59 heavy (non-hydrogen) atoms. The summed E-state index contributed by atoms with van der Waals surface area (Å²) in [5, 5.41) is 5.22. The average molecular weight is 854 g/mol. The average Bonchev–Trinajstić information content (AvgIpc) is 4.08. The number of nitrogens with one attached hydrogen (secondary N) is 3. The van der Waals surface area contributed by atoms with Gasteiger partial charge in [-0.2, -0.15) is 13.2 Å². The van der Waals surface area contributed by atoms with Crippen molar-refractivity contribution in [1.29, 1.82) is 0 Å². The van der Waals surface area contributed by atoms with Crippen molar-refractivity contribution < 1.29 is 59.4 Å². The van der Waals surface area contributed by atoms with E-state index in [1.54, 1.807) is 26.0 Å². The first-order valence-electron chi connectivity index (χ1n) is 20.0. The number of amides is 4. The lowest BCUT2D eigenvalue weighted by atomic mass is 9.85. The van der Waals surface area contributed by atoms with Gasteiger partial charge in [0.1, 0.15) is 23.7 Å². The van der Waals surface area contributed by atoms with Gasteiger partial charge in [-0.1, -0.05) is 32.4 Å². The molecule has 2 aliphatic carbocycles. The van der Waals surface area contributed by atoms with E-state index < -0.39 is 92.2 Å². The zero-order valence-electron chi connectivity index (χ0n) is 33.6. The fourth-order valence-corrected chi connectivity index (χ4v) is 9.19. The predicted octanol–water partition coefficient (Wildman–Crippen LogP) is 5.44. The van der Waals surface area contributed by atoms with Crippen LogP contribution in [0.5, 0.6) is 11.6 Å². The van der Waals surface area contributed by atoms with Crippen molar-refractivity contribution in [3.05, 3.63) is 42.4 Å². The minimum Gasteiger partial charge on any atom is -0.491 e. The van der Waals surface area contributed by atoms with Gasteiger partial charge in [0.05, 0.1) is 18.4 Å². The number of aromatic nitrogens is 1. The molecule has 7 atom stereocenters. The van der Waals surface area contributed by atoms with E-state index in [-0.39, 0.29) is 48.9 Å². The number of rotatable bonds is 10. The Morgan fingerprint density at radius 1 is 1.10 bits per heavy atom. The van der Waals surface area contributed by atoms with Crippen LogP contribution in [0.3, 0.4) is 0 Å². The van der Waals surface area contributed by atoms with E-state index in [1.807, 2.05) is 13.0 Å². The lowest BCUT2D eigenvalue weighted by Gasteiger charge is -2.35. The van der Waals surface area contributed by atoms with Crippen LogP contribution in [0.4, 0.5) is 22.4 Å². The number of alkyl carbamates (subject to hydrolysis) is 1. The molecule has 4 aliphatic rings. The molecule has 2 saturated carbocycles. The minimum absolute atomic E-state index is 0.0118. The third kappa shape index (κ3) is 9.54. The summed E-state index contributed by atoms with van der Waals surface area (Å²) in [5.41, 5.74) is -4.58. The van der Waals surface area contributed by atoms with Crippen LogP contribution < -0.4 is 24.8 Å². The highest BCUT2D eigenvalue weighted by atomic mass is 32.2. The Morgan fingerprint density at radius 3 is 2.49 bits per heavy atom. The summed E-state index contributed by atoms with van der Waals surface area (Å²) in [5.74, 6) is -4.50. The Kier molecular flexibility index (Phi) is 12.5. The number of sulfonamides is 1. The quantitative estimate of drug-likeness (QED) is 0.206. The highest BCUT2D eigenvalue weighted by Crippen LogP contribution is 2.46. The summed E-state index contributed by atoms with van der Waals surface area (Å²) < 4.78 is 101. The maximum absolute atomic E-state index is 15.1. The van der Waals surface area contributed by atoms with Crippen molar-refractivity contribution in [2.75, 3.05) is 13.2 Å². The number of nitrogens with zero attached hydrogens (tertiary/aromatic N) is 2. The Bertz CT molecular complexity index is 2100. The van der Waals surface area contributed by atoms with Gasteiger partial charge in [0.2, 0.25) is 33.3 Å². The Balaban J connectivity index is 1.37. The van der Waals surface area contributed by atoms with E-state index in [4.69, 9.17) is 14.2 Å². The van der Waals surface area contributed by atoms with Gasteiger partial charge < -0.3 is 29.7 Å². The molecule has 0 unspecified atom stereocenters. The standard InChI is InChI=1S/C40H51F4N5O9S/c1-6-23-16-22(3)10-8-9-11-25-20-39(25,36(52)48-59(54,55)27-12-13-27)47-33(50)30-18-26(57-34-28-19-29(41)31(56-7-2)17-24(28)14-15-45-34)21-49(30)35(51)32(23)46-37(53)58-38(4,5)40(42,43)44/h9,11,14-15,17,19,22-23,25-27,30,32H,6-8,10,12-13,16,18,20-21H2,1-5H3,(H,46,53)(H,47,50)(H,48,52)/b11-9-/t22-,23-,25-,26-,30+,32+,39-/m1/s1. The molecule has 14 nitrogen and oxygen atoms in total. The maximum Gasteiger partial charge on any atom is 0.427 e. The smallest absolute Gasteiger partial charge is 0.427 e. The molecule has 1 saturated heterocycles. The number of fused-ring (bicyclic) bond motifs is 3. The number of carbonyl (C=O) groups excluding carboxylic acids is 4. The molecule has 4 amide bonds. The molecule has 3 N–H and O–H groups in total. The van der Waals surface area contributed by atoms with Gasteiger partial charge in [-0.3, -0.25) is 19.1 Å². The first-order chi connectivity index (χ1) is 27.7. The van der Waals surface area contributed by atoms with E-state index in [1.165, 1.54) is 18.3 Å². The normalized spacial score (nSPS) is 28.6. The Labute approximate surface area is 340 Å². The molecule has 3 heterocycles. The highest BCUT2D eigenvalue weighted by Gasteiger charge is 2.62. The second kappa shape index (κ2) is 16.8. The zero-order chi connectivity index (χ0) is 43.1. The first-order valence-corrected chi connectivity index (χ1v) is 21.5. The second-order valence-electron chi connectivity index (χ2n) is 16.5. The highest BCUT2D eigenvalue weighted by molar-refractivity contribution is 7.91. The molecule has 19 heteroatoms. The number of carbonyl (C=O) groups is 4. The predicted molar refractivity (Wildman–Crippen MR) is 206 cm³/mol. The molecule has 0 radical (unpaired) electrons. The summed E-state index contributed by atoms with van der Waals surface area (Å²) in [6, 6.07) is 1.44. The number of benzene rings is 1. The number of ether oxygens (including phenoxy) is 3. The Morgan fingerprint density at radius 2 is 1.83 bits per heavy atom. The van der Waals surface area contributed by atoms with Crippen molar-refractivity contribution in [2.24, 2.45) is 17.8 Å². The topological polar surface area (TPSA) is 182 Å². The molecule has 6 rings (SSSR count).